The van der Waals surface area contributed by atoms with Crippen LogP contribution in [0.25, 0.3) is 0 Å². The molecule has 0 spiro atoms. The minimum absolute atomic E-state index is 0. The Balaban J connectivity index is 0.000000230. The fraction of sp³-hybridized carbons (Fsp3) is 0.243. The normalized spacial score (nSPS) is 18.6. The highest BCUT2D eigenvalue weighted by atomic mass is 19.1. The van der Waals surface area contributed by atoms with E-state index in [0.717, 1.165) is 0 Å². The number of anilines is 1. The fourth-order valence-corrected chi connectivity index (χ4v) is 5.49. The van der Waals surface area contributed by atoms with Crippen molar-refractivity contribution < 1.29 is 36.7 Å². The molecular weight excluding hydrogens is 668 g/mol. The number of hydrogen-bond acceptors (Lipinski definition) is 6. The van der Waals surface area contributed by atoms with E-state index in [2.05, 4.69) is 26.3 Å². The summed E-state index contributed by atoms with van der Waals surface area (Å²) in [5, 5.41) is 10.1. The lowest BCUT2D eigenvalue weighted by atomic mass is 9.92. The molecule has 14 heteroatoms. The highest BCUT2D eigenvalue weighted by molar-refractivity contribution is 5.95. The molecule has 10 nitrogen and oxygen atoms in total. The monoisotopic (exact) mass is 706 g/mol. The summed E-state index contributed by atoms with van der Waals surface area (Å²) in [6.45, 7) is 3.41. The summed E-state index contributed by atoms with van der Waals surface area (Å²) in [6, 6.07) is 20.0. The number of para-hydroxylation sites is 2. The number of urea groups is 1. The van der Waals surface area contributed by atoms with Crippen LogP contribution in [-0.2, 0) is 14.4 Å². The average molecular weight is 707 g/mol. The van der Waals surface area contributed by atoms with Gasteiger partial charge >= 0.3 is 6.03 Å². The van der Waals surface area contributed by atoms with Crippen LogP contribution in [0.1, 0.15) is 41.5 Å². The Morgan fingerprint density at radius 1 is 0.765 bits per heavy atom. The molecular formula is C37H38F4N6O4. The summed E-state index contributed by atoms with van der Waals surface area (Å²) in [4.78, 5) is 48.4. The summed E-state index contributed by atoms with van der Waals surface area (Å²) in [6.07, 6.45) is 1.46. The first kappa shape index (κ1) is 39.6. The Morgan fingerprint density at radius 2 is 1.22 bits per heavy atom. The number of carbonyl (C=O) groups excluding carboxylic acids is 4. The fourth-order valence-electron chi connectivity index (χ4n) is 5.49. The number of aryl methyl sites for hydroxylation is 2. The molecule has 4 aromatic rings. The molecule has 0 saturated carbocycles. The van der Waals surface area contributed by atoms with Crippen LogP contribution in [0.5, 0.6) is 0 Å². The lowest BCUT2D eigenvalue weighted by Crippen LogP contribution is -2.45. The molecule has 0 aliphatic carbocycles. The average Bonchev–Trinajstić information content (AvgIpc) is 3.58. The Labute approximate surface area is 292 Å². The minimum atomic E-state index is -1.06. The largest absolute Gasteiger partial charge is 0.354 e. The van der Waals surface area contributed by atoms with Crippen LogP contribution in [0.15, 0.2) is 89.9 Å². The molecule has 0 aromatic heterocycles. The molecule has 2 heterocycles. The number of benzene rings is 4. The molecule has 4 atom stereocenters. The first-order valence-electron chi connectivity index (χ1n) is 15.4. The predicted octanol–water partition coefficient (Wildman–Crippen LogP) is 5.78. The molecule has 0 radical (unpaired) electrons. The summed E-state index contributed by atoms with van der Waals surface area (Å²) in [7, 11) is 0. The van der Waals surface area contributed by atoms with Crippen molar-refractivity contribution in [1.82, 2.24) is 16.0 Å². The van der Waals surface area contributed by atoms with Gasteiger partial charge in [0.2, 0.25) is 17.9 Å². The number of halogens is 4. The number of amides is 4. The second-order valence-electron chi connectivity index (χ2n) is 11.5. The zero-order valence-electron chi connectivity index (χ0n) is 27.0. The molecule has 0 bridgehead atoms. The van der Waals surface area contributed by atoms with Gasteiger partial charge in [0, 0.05) is 41.7 Å². The van der Waals surface area contributed by atoms with Crippen LogP contribution in [0.2, 0.25) is 0 Å². The molecule has 2 fully saturated rings. The van der Waals surface area contributed by atoms with Gasteiger partial charge in [-0.2, -0.15) is 4.99 Å². The van der Waals surface area contributed by atoms with Gasteiger partial charge in [0.1, 0.15) is 29.3 Å². The van der Waals surface area contributed by atoms with E-state index in [0.29, 0.717) is 22.5 Å². The van der Waals surface area contributed by atoms with Gasteiger partial charge in [-0.15, -0.1) is 0 Å². The molecule has 0 unspecified atom stereocenters. The number of hydrogen-bond donors (Lipinski definition) is 5. The van der Waals surface area contributed by atoms with E-state index in [-0.39, 0.29) is 37.6 Å². The molecule has 6 rings (SSSR count). The van der Waals surface area contributed by atoms with E-state index >= 15 is 0 Å². The van der Waals surface area contributed by atoms with E-state index in [4.69, 9.17) is 5.73 Å². The first-order valence-corrected chi connectivity index (χ1v) is 15.4. The van der Waals surface area contributed by atoms with Crippen molar-refractivity contribution in [3.05, 3.63) is 130 Å². The first-order chi connectivity index (χ1) is 23.9. The maximum atomic E-state index is 14.2. The van der Waals surface area contributed by atoms with Crippen molar-refractivity contribution in [2.75, 3.05) is 18.4 Å². The van der Waals surface area contributed by atoms with Crippen molar-refractivity contribution >= 4 is 35.3 Å². The van der Waals surface area contributed by atoms with E-state index in [1.807, 2.05) is 18.2 Å². The van der Waals surface area contributed by atoms with Gasteiger partial charge in [-0.25, -0.2) is 27.2 Å². The van der Waals surface area contributed by atoms with Gasteiger partial charge in [0.15, 0.2) is 0 Å². The second-order valence-corrected chi connectivity index (χ2v) is 11.5. The number of isocyanates is 1. The molecule has 6 N–H and O–H groups in total. The van der Waals surface area contributed by atoms with E-state index in [9.17, 15) is 36.7 Å². The number of aliphatic imine (C=N–C) groups is 1. The third-order valence-corrected chi connectivity index (χ3v) is 7.85. The van der Waals surface area contributed by atoms with Crippen LogP contribution in [0, 0.1) is 37.1 Å². The quantitative estimate of drug-likeness (QED) is 0.101. The molecule has 2 aliphatic rings. The number of nitrogens with two attached hydrogens (primary N) is 1. The summed E-state index contributed by atoms with van der Waals surface area (Å²) in [5.41, 5.74) is 7.43. The molecule has 4 amide bonds. The van der Waals surface area contributed by atoms with E-state index in [1.165, 1.54) is 30.3 Å². The zero-order chi connectivity index (χ0) is 36.4. The Hall–Kier alpha value is -5.85. The van der Waals surface area contributed by atoms with Crippen LogP contribution in [0.3, 0.4) is 0 Å². The minimum Gasteiger partial charge on any atom is -0.354 e. The second kappa shape index (κ2) is 18.2. The van der Waals surface area contributed by atoms with Crippen molar-refractivity contribution in [1.29, 1.82) is 0 Å². The number of carbonyl (C=O) groups is 3. The molecule has 2 saturated heterocycles. The number of nitrogens with one attached hydrogen (secondary N) is 4. The van der Waals surface area contributed by atoms with Gasteiger partial charge < -0.3 is 27.0 Å². The van der Waals surface area contributed by atoms with Gasteiger partial charge in [0.05, 0.1) is 11.7 Å². The smallest absolute Gasteiger partial charge is 0.319 e. The van der Waals surface area contributed by atoms with Crippen LogP contribution >= 0.6 is 0 Å². The highest BCUT2D eigenvalue weighted by Crippen LogP contribution is 2.30. The van der Waals surface area contributed by atoms with Crippen LogP contribution < -0.4 is 27.0 Å². The molecule has 4 aromatic carbocycles. The van der Waals surface area contributed by atoms with Gasteiger partial charge in [-0.05, 0) is 73.5 Å². The van der Waals surface area contributed by atoms with Crippen LogP contribution in [0.4, 0.5) is 33.7 Å². The lowest BCUT2D eigenvalue weighted by Gasteiger charge is -2.20. The van der Waals surface area contributed by atoms with Crippen molar-refractivity contribution in [2.45, 2.75) is 45.2 Å². The van der Waals surface area contributed by atoms with Gasteiger partial charge in [-0.1, -0.05) is 43.8 Å². The number of rotatable bonds is 5. The van der Waals surface area contributed by atoms with E-state index in [1.54, 1.807) is 56.3 Å². The maximum absolute atomic E-state index is 14.2. The Kier molecular flexibility index (Phi) is 14.2. The molecule has 51 heavy (non-hydrogen) atoms. The van der Waals surface area contributed by atoms with E-state index < -0.39 is 59.1 Å². The van der Waals surface area contributed by atoms with Crippen LogP contribution in [-0.4, -0.2) is 49.1 Å². The topological polar surface area (TPSA) is 155 Å². The Morgan fingerprint density at radius 3 is 1.69 bits per heavy atom. The summed E-state index contributed by atoms with van der Waals surface area (Å²) >= 11 is 0. The standard InChI is InChI=1S/C18H17F2N3O2.C11H12F2N2O.C7H5NO.CH4/c1-10-7-13(19)15(14(20)8-10)12-9-21-17(24)16(12)23-18(25)22-11-5-3-2-4-6-11;1-5-2-7(12)9(8(13)3-5)6-4-15-11(16)10(6)14;9-6-8-7-4-2-1-3-5-7;/h2-8,12,16H,9H2,1H3,(H,21,24)(H2,22,23,25);2-3,6,10H,4,14H2,1H3,(H,15,16);1-5H;1H4/t12-,16-;6-,10-;;/m00../s1. The van der Waals surface area contributed by atoms with Crippen molar-refractivity contribution in [3.63, 3.8) is 0 Å². The lowest BCUT2D eigenvalue weighted by molar-refractivity contribution is -0.121. The molecule has 268 valence electrons. The molecule has 2 aliphatic heterocycles. The predicted molar refractivity (Wildman–Crippen MR) is 185 cm³/mol. The zero-order valence-corrected chi connectivity index (χ0v) is 27.0. The summed E-state index contributed by atoms with van der Waals surface area (Å²) < 4.78 is 55.7. The van der Waals surface area contributed by atoms with Gasteiger partial charge in [0.25, 0.3) is 0 Å². The van der Waals surface area contributed by atoms with Gasteiger partial charge in [-0.3, -0.25) is 9.59 Å². The summed E-state index contributed by atoms with van der Waals surface area (Å²) in [5.74, 6) is -5.05. The SMILES string of the molecule is C.Cc1cc(F)c([C@@H]2CNC(=O)[C@H]2N)c(F)c1.Cc1cc(F)c([C@@H]2CNC(=O)[C@H]2NC(=O)Nc2ccccc2)c(F)c1.O=C=Nc1ccccc1. The van der Waals surface area contributed by atoms with Crippen molar-refractivity contribution in [2.24, 2.45) is 10.7 Å². The maximum Gasteiger partial charge on any atom is 0.319 e. The number of nitrogens with zero attached hydrogens (tertiary/aromatic N) is 1. The third kappa shape index (κ3) is 10.3. The Bertz CT molecular complexity index is 1840. The highest BCUT2D eigenvalue weighted by Gasteiger charge is 2.40. The van der Waals surface area contributed by atoms with Crippen molar-refractivity contribution in [3.8, 4) is 0 Å². The third-order valence-electron chi connectivity index (χ3n) is 7.85.